The summed E-state index contributed by atoms with van der Waals surface area (Å²) in [6, 6.07) is 18.0. The van der Waals surface area contributed by atoms with Crippen LogP contribution in [0.4, 0.5) is 0 Å². The number of hydrogen-bond acceptors (Lipinski definition) is 3. The largest absolute Gasteiger partial charge is 0.294 e. The predicted octanol–water partition coefficient (Wildman–Crippen LogP) is 5.24. The molecule has 3 rings (SSSR count). The van der Waals surface area contributed by atoms with Gasteiger partial charge in [0, 0.05) is 22.4 Å². The Hall–Kier alpha value is -2.26. The summed E-state index contributed by atoms with van der Waals surface area (Å²) in [7, 11) is 0. The minimum absolute atomic E-state index is 0.197. The van der Waals surface area contributed by atoms with E-state index in [-0.39, 0.29) is 5.78 Å². The lowest BCUT2D eigenvalue weighted by molar-refractivity contribution is 0.0983. The highest BCUT2D eigenvalue weighted by Gasteiger charge is 2.12. The first kappa shape index (κ1) is 15.6. The Balaban J connectivity index is 1.71. The molecule has 3 aromatic rings. The monoisotopic (exact) mass is 321 g/mol. The van der Waals surface area contributed by atoms with E-state index in [0.29, 0.717) is 6.42 Å². The Labute approximate surface area is 140 Å². The average molecular weight is 321 g/mol. The summed E-state index contributed by atoms with van der Waals surface area (Å²) in [6.07, 6.45) is 1.28. The van der Waals surface area contributed by atoms with E-state index in [9.17, 15) is 4.79 Å². The normalized spacial score (nSPS) is 10.7. The zero-order chi connectivity index (χ0) is 16.2. The van der Waals surface area contributed by atoms with E-state index in [0.717, 1.165) is 33.8 Å². The van der Waals surface area contributed by atoms with Crippen molar-refractivity contribution < 1.29 is 4.79 Å². The number of benzene rings is 2. The second-order valence-electron chi connectivity index (χ2n) is 5.69. The standard InChI is InChI=1S/C20H19NOS/c1-14-7-6-10-17(13-14)18(22)11-12-19-15(2)21-20(23-19)16-8-4-3-5-9-16/h3-10,13H,11-12H2,1-2H3. The van der Waals surface area contributed by atoms with E-state index in [1.807, 2.05) is 56.3 Å². The summed E-state index contributed by atoms with van der Waals surface area (Å²) >= 11 is 1.69. The van der Waals surface area contributed by atoms with E-state index in [1.165, 1.54) is 4.88 Å². The molecule has 0 saturated carbocycles. The van der Waals surface area contributed by atoms with Gasteiger partial charge in [-0.15, -0.1) is 11.3 Å². The van der Waals surface area contributed by atoms with Gasteiger partial charge in [0.25, 0.3) is 0 Å². The van der Waals surface area contributed by atoms with E-state index in [4.69, 9.17) is 0 Å². The topological polar surface area (TPSA) is 30.0 Å². The Morgan fingerprint density at radius 1 is 1.04 bits per heavy atom. The van der Waals surface area contributed by atoms with Crippen LogP contribution in [0.1, 0.15) is 32.9 Å². The van der Waals surface area contributed by atoms with Crippen LogP contribution in [-0.4, -0.2) is 10.8 Å². The molecule has 0 bridgehead atoms. The predicted molar refractivity (Wildman–Crippen MR) is 96.1 cm³/mol. The number of aryl methyl sites for hydroxylation is 3. The van der Waals surface area contributed by atoms with Gasteiger partial charge in [0.1, 0.15) is 5.01 Å². The summed E-state index contributed by atoms with van der Waals surface area (Å²) in [4.78, 5) is 18.2. The molecule has 0 N–H and O–H groups in total. The SMILES string of the molecule is Cc1cccc(C(=O)CCc2sc(-c3ccccc3)nc2C)c1. The highest BCUT2D eigenvalue weighted by atomic mass is 32.1. The third-order valence-corrected chi connectivity index (χ3v) is 5.10. The van der Waals surface area contributed by atoms with Crippen molar-refractivity contribution in [2.24, 2.45) is 0 Å². The highest BCUT2D eigenvalue weighted by Crippen LogP contribution is 2.28. The van der Waals surface area contributed by atoms with Crippen LogP contribution >= 0.6 is 11.3 Å². The van der Waals surface area contributed by atoms with Crippen molar-refractivity contribution in [1.29, 1.82) is 0 Å². The van der Waals surface area contributed by atoms with E-state index >= 15 is 0 Å². The molecule has 0 spiro atoms. The quantitative estimate of drug-likeness (QED) is 0.601. The molecule has 0 aliphatic rings. The maximum absolute atomic E-state index is 12.3. The fraction of sp³-hybridized carbons (Fsp3) is 0.200. The molecule has 2 aromatic carbocycles. The lowest BCUT2D eigenvalue weighted by Crippen LogP contribution is -2.01. The smallest absolute Gasteiger partial charge is 0.163 e. The Bertz CT molecular complexity index is 821. The number of carbonyl (C=O) groups excluding carboxylic acids is 1. The average Bonchev–Trinajstić information content (AvgIpc) is 2.94. The number of aromatic nitrogens is 1. The number of carbonyl (C=O) groups is 1. The molecule has 0 amide bonds. The molecule has 2 nitrogen and oxygen atoms in total. The summed E-state index contributed by atoms with van der Waals surface area (Å²) < 4.78 is 0. The van der Waals surface area contributed by atoms with Crippen LogP contribution < -0.4 is 0 Å². The van der Waals surface area contributed by atoms with Crippen molar-refractivity contribution in [3.63, 3.8) is 0 Å². The van der Waals surface area contributed by atoms with Crippen LogP contribution in [0.3, 0.4) is 0 Å². The third kappa shape index (κ3) is 3.74. The highest BCUT2D eigenvalue weighted by molar-refractivity contribution is 7.15. The Morgan fingerprint density at radius 3 is 2.57 bits per heavy atom. The number of thiazole rings is 1. The fourth-order valence-electron chi connectivity index (χ4n) is 2.55. The minimum Gasteiger partial charge on any atom is -0.294 e. The van der Waals surface area contributed by atoms with Crippen LogP contribution in [-0.2, 0) is 6.42 Å². The molecule has 3 heteroatoms. The minimum atomic E-state index is 0.197. The zero-order valence-corrected chi connectivity index (χ0v) is 14.2. The van der Waals surface area contributed by atoms with Gasteiger partial charge in [-0.1, -0.05) is 54.1 Å². The summed E-state index contributed by atoms with van der Waals surface area (Å²) in [6.45, 7) is 4.03. The Kier molecular flexibility index (Phi) is 4.68. The van der Waals surface area contributed by atoms with Crippen molar-refractivity contribution >= 4 is 17.1 Å². The molecule has 0 radical (unpaired) electrons. The van der Waals surface area contributed by atoms with Gasteiger partial charge in [-0.2, -0.15) is 0 Å². The second-order valence-corrected chi connectivity index (χ2v) is 6.77. The van der Waals surface area contributed by atoms with E-state index in [1.54, 1.807) is 11.3 Å². The Morgan fingerprint density at radius 2 is 1.83 bits per heavy atom. The molecule has 0 atom stereocenters. The lowest BCUT2D eigenvalue weighted by Gasteiger charge is -2.01. The first-order valence-corrected chi connectivity index (χ1v) is 8.57. The number of hydrogen-bond donors (Lipinski definition) is 0. The molecule has 0 unspecified atom stereocenters. The molecule has 116 valence electrons. The van der Waals surface area contributed by atoms with Gasteiger partial charge in [-0.25, -0.2) is 4.98 Å². The van der Waals surface area contributed by atoms with Crippen molar-refractivity contribution in [2.45, 2.75) is 26.7 Å². The first-order chi connectivity index (χ1) is 11.1. The molecule has 23 heavy (non-hydrogen) atoms. The van der Waals surface area contributed by atoms with Crippen LogP contribution in [0.15, 0.2) is 54.6 Å². The zero-order valence-electron chi connectivity index (χ0n) is 13.4. The van der Waals surface area contributed by atoms with Gasteiger partial charge in [-0.05, 0) is 26.3 Å². The number of nitrogens with zero attached hydrogens (tertiary/aromatic N) is 1. The van der Waals surface area contributed by atoms with E-state index < -0.39 is 0 Å². The van der Waals surface area contributed by atoms with Gasteiger partial charge in [0.15, 0.2) is 5.78 Å². The molecule has 1 aromatic heterocycles. The van der Waals surface area contributed by atoms with Gasteiger partial charge in [-0.3, -0.25) is 4.79 Å². The molecular formula is C20H19NOS. The number of rotatable bonds is 5. The van der Waals surface area contributed by atoms with Gasteiger partial charge < -0.3 is 0 Å². The maximum Gasteiger partial charge on any atom is 0.163 e. The van der Waals surface area contributed by atoms with Crippen LogP contribution in [0.2, 0.25) is 0 Å². The van der Waals surface area contributed by atoms with Crippen LogP contribution in [0, 0.1) is 13.8 Å². The summed E-state index contributed by atoms with van der Waals surface area (Å²) in [5.74, 6) is 0.197. The van der Waals surface area contributed by atoms with Crippen molar-refractivity contribution in [3.8, 4) is 10.6 Å². The van der Waals surface area contributed by atoms with Gasteiger partial charge in [0.2, 0.25) is 0 Å². The molecule has 0 saturated heterocycles. The van der Waals surface area contributed by atoms with Crippen molar-refractivity contribution in [1.82, 2.24) is 4.98 Å². The molecule has 0 aliphatic heterocycles. The lowest BCUT2D eigenvalue weighted by atomic mass is 10.0. The van der Waals surface area contributed by atoms with Crippen LogP contribution in [0.25, 0.3) is 10.6 Å². The fourth-order valence-corrected chi connectivity index (χ4v) is 3.62. The first-order valence-electron chi connectivity index (χ1n) is 7.75. The third-order valence-electron chi connectivity index (χ3n) is 3.83. The van der Waals surface area contributed by atoms with Crippen LogP contribution in [0.5, 0.6) is 0 Å². The second kappa shape index (κ2) is 6.88. The summed E-state index contributed by atoms with van der Waals surface area (Å²) in [5.41, 5.74) is 4.09. The van der Waals surface area contributed by atoms with Crippen molar-refractivity contribution in [3.05, 3.63) is 76.3 Å². The molecule has 0 fully saturated rings. The van der Waals surface area contributed by atoms with E-state index in [2.05, 4.69) is 17.1 Å². The molecular weight excluding hydrogens is 302 g/mol. The van der Waals surface area contributed by atoms with Crippen molar-refractivity contribution in [2.75, 3.05) is 0 Å². The summed E-state index contributed by atoms with van der Waals surface area (Å²) in [5, 5.41) is 1.03. The number of ketones is 1. The van der Waals surface area contributed by atoms with Gasteiger partial charge >= 0.3 is 0 Å². The molecule has 0 aliphatic carbocycles. The number of Topliss-reactive ketones (excluding diaryl/α,β-unsaturated/α-hetero) is 1. The maximum atomic E-state index is 12.3. The molecule has 1 heterocycles. The van der Waals surface area contributed by atoms with Gasteiger partial charge in [0.05, 0.1) is 5.69 Å².